The second-order valence-corrected chi connectivity index (χ2v) is 5.00. The van der Waals surface area contributed by atoms with Gasteiger partial charge in [-0.15, -0.1) is 0 Å². The quantitative estimate of drug-likeness (QED) is 0.907. The first kappa shape index (κ1) is 12.2. The molecule has 3 rings (SSSR count). The molecular formula is C17H18O2. The van der Waals surface area contributed by atoms with Crippen molar-refractivity contribution in [2.45, 2.75) is 25.4 Å². The van der Waals surface area contributed by atoms with Crippen molar-refractivity contribution in [3.8, 4) is 5.75 Å². The maximum absolute atomic E-state index is 9.76. The molecule has 2 aromatic rings. The molecule has 0 fully saturated rings. The molecule has 1 atom stereocenters. The molecule has 0 saturated carbocycles. The Morgan fingerprint density at radius 1 is 1.11 bits per heavy atom. The standard InChI is InChI=1S/C17H18O2/c18-17-9-6-14-12-15(7-8-16(14)17)19-11-10-13-4-2-1-3-5-13/h1-5,7-8,12,17-18H,6,9-11H2. The van der Waals surface area contributed by atoms with Crippen molar-refractivity contribution >= 4 is 0 Å². The maximum Gasteiger partial charge on any atom is 0.119 e. The maximum atomic E-state index is 9.76. The zero-order chi connectivity index (χ0) is 13.1. The summed E-state index contributed by atoms with van der Waals surface area (Å²) in [5, 5.41) is 9.76. The molecular weight excluding hydrogens is 236 g/mol. The number of aryl methyl sites for hydroxylation is 1. The highest BCUT2D eigenvalue weighted by Crippen LogP contribution is 2.33. The Hall–Kier alpha value is -1.80. The predicted octanol–water partition coefficient (Wildman–Crippen LogP) is 3.29. The third-order valence-corrected chi connectivity index (χ3v) is 3.66. The number of ether oxygens (including phenoxy) is 1. The van der Waals surface area contributed by atoms with Crippen LogP contribution in [0.4, 0.5) is 0 Å². The Labute approximate surface area is 113 Å². The topological polar surface area (TPSA) is 29.5 Å². The van der Waals surface area contributed by atoms with E-state index in [4.69, 9.17) is 4.74 Å². The Morgan fingerprint density at radius 3 is 2.79 bits per heavy atom. The van der Waals surface area contributed by atoms with Crippen LogP contribution >= 0.6 is 0 Å². The monoisotopic (exact) mass is 254 g/mol. The lowest BCUT2D eigenvalue weighted by Crippen LogP contribution is -2.01. The van der Waals surface area contributed by atoms with Crippen molar-refractivity contribution < 1.29 is 9.84 Å². The average molecular weight is 254 g/mol. The highest BCUT2D eigenvalue weighted by molar-refractivity contribution is 5.39. The van der Waals surface area contributed by atoms with Crippen molar-refractivity contribution in [2.75, 3.05) is 6.61 Å². The number of fused-ring (bicyclic) bond motifs is 1. The van der Waals surface area contributed by atoms with Crippen molar-refractivity contribution in [1.29, 1.82) is 0 Å². The number of hydrogen-bond acceptors (Lipinski definition) is 2. The zero-order valence-corrected chi connectivity index (χ0v) is 10.9. The van der Waals surface area contributed by atoms with Crippen LogP contribution < -0.4 is 4.74 Å². The van der Waals surface area contributed by atoms with Gasteiger partial charge in [0.05, 0.1) is 12.7 Å². The van der Waals surface area contributed by atoms with Crippen molar-refractivity contribution in [3.63, 3.8) is 0 Å². The van der Waals surface area contributed by atoms with Gasteiger partial charge >= 0.3 is 0 Å². The Kier molecular flexibility index (Phi) is 3.51. The summed E-state index contributed by atoms with van der Waals surface area (Å²) in [6, 6.07) is 16.4. The summed E-state index contributed by atoms with van der Waals surface area (Å²) in [5.74, 6) is 0.906. The van der Waals surface area contributed by atoms with Crippen LogP contribution in [0.5, 0.6) is 5.75 Å². The molecule has 2 nitrogen and oxygen atoms in total. The lowest BCUT2D eigenvalue weighted by atomic mass is 10.1. The molecule has 1 unspecified atom stereocenters. The fourth-order valence-electron chi connectivity index (χ4n) is 2.59. The third kappa shape index (κ3) is 2.79. The summed E-state index contributed by atoms with van der Waals surface area (Å²) in [6.07, 6.45) is 2.42. The predicted molar refractivity (Wildman–Crippen MR) is 75.4 cm³/mol. The van der Waals surface area contributed by atoms with Gasteiger partial charge in [-0.05, 0) is 41.7 Å². The average Bonchev–Trinajstić information content (AvgIpc) is 2.81. The minimum absolute atomic E-state index is 0.284. The summed E-state index contributed by atoms with van der Waals surface area (Å²) in [4.78, 5) is 0. The lowest BCUT2D eigenvalue weighted by Gasteiger charge is -2.09. The molecule has 0 aliphatic heterocycles. The summed E-state index contributed by atoms with van der Waals surface area (Å²) in [5.41, 5.74) is 3.58. The highest BCUT2D eigenvalue weighted by atomic mass is 16.5. The van der Waals surface area contributed by atoms with Crippen LogP contribution in [0.3, 0.4) is 0 Å². The van der Waals surface area contributed by atoms with E-state index in [2.05, 4.69) is 18.2 Å². The summed E-state index contributed by atoms with van der Waals surface area (Å²) in [7, 11) is 0. The number of aliphatic hydroxyl groups is 1. The van der Waals surface area contributed by atoms with E-state index >= 15 is 0 Å². The number of aliphatic hydroxyl groups excluding tert-OH is 1. The molecule has 0 heterocycles. The van der Waals surface area contributed by atoms with Crippen molar-refractivity contribution in [2.24, 2.45) is 0 Å². The molecule has 0 amide bonds. The van der Waals surface area contributed by atoms with Gasteiger partial charge in [0, 0.05) is 6.42 Å². The first-order valence-electron chi connectivity index (χ1n) is 6.80. The first-order chi connectivity index (χ1) is 9.33. The van der Waals surface area contributed by atoms with Gasteiger partial charge in [0.1, 0.15) is 5.75 Å². The largest absolute Gasteiger partial charge is 0.493 e. The zero-order valence-electron chi connectivity index (χ0n) is 10.9. The van der Waals surface area contributed by atoms with Crippen LogP contribution in [0.1, 0.15) is 29.2 Å². The van der Waals surface area contributed by atoms with Crippen LogP contribution in [0.2, 0.25) is 0 Å². The van der Waals surface area contributed by atoms with Gasteiger partial charge in [-0.1, -0.05) is 36.4 Å². The minimum Gasteiger partial charge on any atom is -0.493 e. The molecule has 1 aliphatic carbocycles. The van der Waals surface area contributed by atoms with Crippen molar-refractivity contribution in [3.05, 3.63) is 65.2 Å². The highest BCUT2D eigenvalue weighted by Gasteiger charge is 2.20. The minimum atomic E-state index is -0.284. The summed E-state index contributed by atoms with van der Waals surface area (Å²) in [6.45, 7) is 0.686. The Morgan fingerprint density at radius 2 is 1.95 bits per heavy atom. The fourth-order valence-corrected chi connectivity index (χ4v) is 2.59. The fraction of sp³-hybridized carbons (Fsp3) is 0.294. The molecule has 0 aromatic heterocycles. The van der Waals surface area contributed by atoms with Gasteiger partial charge in [0.2, 0.25) is 0 Å². The van der Waals surface area contributed by atoms with E-state index in [0.717, 1.165) is 30.6 Å². The number of benzene rings is 2. The van der Waals surface area contributed by atoms with Gasteiger partial charge < -0.3 is 9.84 Å². The van der Waals surface area contributed by atoms with E-state index in [0.29, 0.717) is 6.61 Å². The summed E-state index contributed by atoms with van der Waals surface area (Å²) < 4.78 is 5.79. The first-order valence-corrected chi connectivity index (χ1v) is 6.80. The van der Waals surface area contributed by atoms with E-state index in [1.165, 1.54) is 11.1 Å². The van der Waals surface area contributed by atoms with Crippen molar-refractivity contribution in [1.82, 2.24) is 0 Å². The lowest BCUT2D eigenvalue weighted by molar-refractivity contribution is 0.180. The molecule has 0 saturated heterocycles. The molecule has 98 valence electrons. The molecule has 0 radical (unpaired) electrons. The van der Waals surface area contributed by atoms with Gasteiger partial charge in [-0.25, -0.2) is 0 Å². The van der Waals surface area contributed by atoms with Gasteiger partial charge in [-0.2, -0.15) is 0 Å². The Balaban J connectivity index is 1.59. The second kappa shape index (κ2) is 5.45. The number of rotatable bonds is 4. The van der Waals surface area contributed by atoms with E-state index < -0.39 is 0 Å². The molecule has 0 bridgehead atoms. The Bertz CT molecular complexity index is 548. The van der Waals surface area contributed by atoms with Crippen LogP contribution in [-0.2, 0) is 12.8 Å². The second-order valence-electron chi connectivity index (χ2n) is 5.00. The van der Waals surface area contributed by atoms with Gasteiger partial charge in [-0.3, -0.25) is 0 Å². The summed E-state index contributed by atoms with van der Waals surface area (Å²) >= 11 is 0. The van der Waals surface area contributed by atoms with E-state index in [9.17, 15) is 5.11 Å². The normalized spacial score (nSPS) is 17.2. The smallest absolute Gasteiger partial charge is 0.119 e. The van der Waals surface area contributed by atoms with Gasteiger partial charge in [0.15, 0.2) is 0 Å². The van der Waals surface area contributed by atoms with E-state index in [1.54, 1.807) is 0 Å². The van der Waals surface area contributed by atoms with Crippen LogP contribution in [0.15, 0.2) is 48.5 Å². The molecule has 2 heteroatoms. The van der Waals surface area contributed by atoms with Crippen LogP contribution in [0.25, 0.3) is 0 Å². The molecule has 0 spiro atoms. The number of hydrogen-bond donors (Lipinski definition) is 1. The molecule has 1 aliphatic rings. The third-order valence-electron chi connectivity index (χ3n) is 3.66. The van der Waals surface area contributed by atoms with Crippen LogP contribution in [0, 0.1) is 0 Å². The molecule has 2 aromatic carbocycles. The molecule has 19 heavy (non-hydrogen) atoms. The molecule has 1 N–H and O–H groups in total. The van der Waals surface area contributed by atoms with Crippen LogP contribution in [-0.4, -0.2) is 11.7 Å². The SMILES string of the molecule is OC1CCc2cc(OCCc3ccccc3)ccc21. The van der Waals surface area contributed by atoms with Gasteiger partial charge in [0.25, 0.3) is 0 Å². The van der Waals surface area contributed by atoms with E-state index in [1.807, 2.05) is 30.3 Å². The van der Waals surface area contributed by atoms with E-state index in [-0.39, 0.29) is 6.10 Å².